The Balaban J connectivity index is 1.54. The zero-order valence-corrected chi connectivity index (χ0v) is 12.2. The average Bonchev–Trinajstić information content (AvgIpc) is 3.06. The molecule has 0 radical (unpaired) electrons. The molecule has 0 bridgehead atoms. The smallest absolute Gasteiger partial charge is 0.331 e. The van der Waals surface area contributed by atoms with Crippen molar-refractivity contribution >= 4 is 17.8 Å². The molecule has 0 saturated carbocycles. The Bertz CT molecular complexity index is 749. The van der Waals surface area contributed by atoms with Crippen molar-refractivity contribution in [1.82, 2.24) is 0 Å². The summed E-state index contributed by atoms with van der Waals surface area (Å²) in [7, 11) is 0. The monoisotopic (exact) mass is 310 g/mol. The third-order valence-corrected chi connectivity index (χ3v) is 3.25. The number of fused-ring (bicyclic) bond motifs is 1. The molecule has 116 valence electrons. The molecule has 0 fully saturated rings. The first kappa shape index (κ1) is 14.8. The van der Waals surface area contributed by atoms with E-state index in [-0.39, 0.29) is 19.2 Å². The fourth-order valence-corrected chi connectivity index (χ4v) is 2.07. The van der Waals surface area contributed by atoms with E-state index in [4.69, 9.17) is 14.2 Å². The van der Waals surface area contributed by atoms with Gasteiger partial charge in [-0.05, 0) is 23.8 Å². The number of hydrogen-bond acceptors (Lipinski definition) is 5. The lowest BCUT2D eigenvalue weighted by atomic mass is 10.1. The van der Waals surface area contributed by atoms with Gasteiger partial charge in [0.05, 0.1) is 0 Å². The molecule has 1 heterocycles. The lowest BCUT2D eigenvalue weighted by Gasteiger charge is -2.01. The van der Waals surface area contributed by atoms with Crippen LogP contribution in [0.15, 0.2) is 54.6 Å². The number of benzene rings is 2. The summed E-state index contributed by atoms with van der Waals surface area (Å²) < 4.78 is 15.4. The number of ether oxygens (including phenoxy) is 3. The van der Waals surface area contributed by atoms with Gasteiger partial charge in [0, 0.05) is 11.6 Å². The first-order valence-corrected chi connectivity index (χ1v) is 7.05. The van der Waals surface area contributed by atoms with Gasteiger partial charge in [0.2, 0.25) is 6.79 Å². The minimum absolute atomic E-state index is 0.201. The van der Waals surface area contributed by atoms with Gasteiger partial charge in [0.25, 0.3) is 0 Å². The van der Waals surface area contributed by atoms with E-state index >= 15 is 0 Å². The highest BCUT2D eigenvalue weighted by Gasteiger charge is 2.12. The van der Waals surface area contributed by atoms with Crippen molar-refractivity contribution in [2.75, 3.05) is 13.4 Å². The Labute approximate surface area is 133 Å². The summed E-state index contributed by atoms with van der Waals surface area (Å²) in [5.41, 5.74) is 1.29. The standard InChI is InChI=1S/C18H14O5/c19-15(14-4-2-1-3-5-14)11-21-18(20)9-7-13-6-8-16-17(10-13)23-12-22-16/h1-10H,11-12H2/b9-7+. The second kappa shape index (κ2) is 6.79. The minimum Gasteiger partial charge on any atom is -0.454 e. The predicted octanol–water partition coefficient (Wildman–Crippen LogP) is 2.85. The number of Topliss-reactive ketones (excluding diaryl/α,β-unsaturated/α-hetero) is 1. The van der Waals surface area contributed by atoms with Crippen LogP contribution in [-0.2, 0) is 9.53 Å². The maximum absolute atomic E-state index is 11.8. The summed E-state index contributed by atoms with van der Waals surface area (Å²) in [5, 5.41) is 0. The molecule has 23 heavy (non-hydrogen) atoms. The Hall–Kier alpha value is -3.08. The number of hydrogen-bond donors (Lipinski definition) is 0. The van der Waals surface area contributed by atoms with Gasteiger partial charge in [0.1, 0.15) is 0 Å². The summed E-state index contributed by atoms with van der Waals surface area (Å²) in [6, 6.07) is 14.0. The highest BCUT2D eigenvalue weighted by molar-refractivity contribution is 5.98. The Morgan fingerprint density at radius 2 is 1.83 bits per heavy atom. The van der Waals surface area contributed by atoms with Crippen LogP contribution in [0, 0.1) is 0 Å². The van der Waals surface area contributed by atoms with Crippen molar-refractivity contribution in [2.24, 2.45) is 0 Å². The van der Waals surface area contributed by atoms with Gasteiger partial charge < -0.3 is 14.2 Å². The average molecular weight is 310 g/mol. The number of rotatable bonds is 5. The van der Waals surface area contributed by atoms with Crippen molar-refractivity contribution in [3.8, 4) is 11.5 Å². The number of ketones is 1. The van der Waals surface area contributed by atoms with Crippen molar-refractivity contribution in [1.29, 1.82) is 0 Å². The molecular formula is C18H14O5. The molecule has 2 aromatic rings. The third kappa shape index (κ3) is 3.77. The summed E-state index contributed by atoms with van der Waals surface area (Å²) in [5.74, 6) is 0.500. The van der Waals surface area contributed by atoms with Crippen LogP contribution in [0.3, 0.4) is 0 Å². The molecule has 0 saturated heterocycles. The van der Waals surface area contributed by atoms with Crippen molar-refractivity contribution in [3.63, 3.8) is 0 Å². The zero-order valence-electron chi connectivity index (χ0n) is 12.2. The van der Waals surface area contributed by atoms with Gasteiger partial charge in [-0.3, -0.25) is 4.79 Å². The van der Waals surface area contributed by atoms with E-state index in [1.807, 2.05) is 6.07 Å². The van der Waals surface area contributed by atoms with Crippen molar-refractivity contribution < 1.29 is 23.8 Å². The maximum atomic E-state index is 11.8. The van der Waals surface area contributed by atoms with Crippen LogP contribution >= 0.6 is 0 Å². The highest BCUT2D eigenvalue weighted by atomic mass is 16.7. The van der Waals surface area contributed by atoms with Gasteiger partial charge in [-0.1, -0.05) is 36.4 Å². The van der Waals surface area contributed by atoms with Crippen molar-refractivity contribution in [2.45, 2.75) is 0 Å². The van der Waals surface area contributed by atoms with Gasteiger partial charge >= 0.3 is 5.97 Å². The molecule has 0 aromatic heterocycles. The fraction of sp³-hybridized carbons (Fsp3) is 0.111. The third-order valence-electron chi connectivity index (χ3n) is 3.25. The van der Waals surface area contributed by atoms with Crippen LogP contribution in [0.1, 0.15) is 15.9 Å². The Morgan fingerprint density at radius 1 is 1.04 bits per heavy atom. The molecule has 1 aliphatic rings. The number of carbonyl (C=O) groups excluding carboxylic acids is 2. The van der Waals surface area contributed by atoms with Crippen LogP contribution in [0.5, 0.6) is 11.5 Å². The van der Waals surface area contributed by atoms with Crippen LogP contribution in [0.4, 0.5) is 0 Å². The lowest BCUT2D eigenvalue weighted by molar-refractivity contribution is -0.136. The van der Waals surface area contributed by atoms with Crippen LogP contribution in [0.2, 0.25) is 0 Å². The molecule has 0 atom stereocenters. The maximum Gasteiger partial charge on any atom is 0.331 e. The minimum atomic E-state index is -0.577. The molecule has 0 aliphatic carbocycles. The zero-order chi connectivity index (χ0) is 16.1. The van der Waals surface area contributed by atoms with E-state index < -0.39 is 5.97 Å². The second-order valence-corrected chi connectivity index (χ2v) is 4.84. The summed E-state index contributed by atoms with van der Waals surface area (Å²) >= 11 is 0. The Kier molecular flexibility index (Phi) is 4.38. The van der Waals surface area contributed by atoms with Gasteiger partial charge in [-0.15, -0.1) is 0 Å². The molecule has 0 amide bonds. The van der Waals surface area contributed by atoms with E-state index in [0.717, 1.165) is 5.56 Å². The summed E-state index contributed by atoms with van der Waals surface area (Å²) in [4.78, 5) is 23.5. The molecule has 0 N–H and O–H groups in total. The van der Waals surface area contributed by atoms with E-state index in [1.54, 1.807) is 48.5 Å². The largest absolute Gasteiger partial charge is 0.454 e. The highest BCUT2D eigenvalue weighted by Crippen LogP contribution is 2.32. The quantitative estimate of drug-likeness (QED) is 0.483. The molecule has 2 aromatic carbocycles. The number of esters is 1. The van der Waals surface area contributed by atoms with Gasteiger partial charge in [-0.2, -0.15) is 0 Å². The second-order valence-electron chi connectivity index (χ2n) is 4.84. The molecule has 1 aliphatic heterocycles. The summed E-state index contributed by atoms with van der Waals surface area (Å²) in [6.07, 6.45) is 2.87. The molecule has 3 rings (SSSR count). The molecule has 5 heteroatoms. The SMILES string of the molecule is O=C(/C=C/c1ccc2c(c1)OCO2)OCC(=O)c1ccccc1. The van der Waals surface area contributed by atoms with Crippen LogP contribution in [-0.4, -0.2) is 25.2 Å². The summed E-state index contributed by atoms with van der Waals surface area (Å²) in [6.45, 7) is -0.0829. The molecule has 0 spiro atoms. The normalized spacial score (nSPS) is 12.3. The topological polar surface area (TPSA) is 61.8 Å². The fourth-order valence-electron chi connectivity index (χ4n) is 2.07. The molecular weight excluding hydrogens is 296 g/mol. The lowest BCUT2D eigenvalue weighted by Crippen LogP contribution is -2.12. The Morgan fingerprint density at radius 3 is 2.65 bits per heavy atom. The van der Waals surface area contributed by atoms with Crippen LogP contribution < -0.4 is 9.47 Å². The van der Waals surface area contributed by atoms with E-state index in [0.29, 0.717) is 17.1 Å². The predicted molar refractivity (Wildman–Crippen MR) is 83.3 cm³/mol. The molecule has 0 unspecified atom stereocenters. The molecule has 5 nitrogen and oxygen atoms in total. The van der Waals surface area contributed by atoms with E-state index in [9.17, 15) is 9.59 Å². The van der Waals surface area contributed by atoms with E-state index in [2.05, 4.69) is 0 Å². The first-order chi connectivity index (χ1) is 11.2. The van der Waals surface area contributed by atoms with Gasteiger partial charge in [-0.25, -0.2) is 4.79 Å². The van der Waals surface area contributed by atoms with Crippen molar-refractivity contribution in [3.05, 3.63) is 65.7 Å². The van der Waals surface area contributed by atoms with Gasteiger partial charge in [0.15, 0.2) is 23.9 Å². The first-order valence-electron chi connectivity index (χ1n) is 7.05. The van der Waals surface area contributed by atoms with Crippen LogP contribution in [0.25, 0.3) is 6.08 Å². The number of carbonyl (C=O) groups is 2. The van der Waals surface area contributed by atoms with E-state index in [1.165, 1.54) is 6.08 Å².